The molecule has 2 rings (SSSR count). The summed E-state index contributed by atoms with van der Waals surface area (Å²) < 4.78 is 0. The normalized spacial score (nSPS) is 15.3. The van der Waals surface area contributed by atoms with E-state index in [1.54, 1.807) is 23.5 Å². The Bertz CT molecular complexity index is 407. The maximum atomic E-state index is 3.87. The van der Waals surface area contributed by atoms with Crippen LogP contribution in [0.1, 0.15) is 0 Å². The first kappa shape index (κ1) is 26.4. The van der Waals surface area contributed by atoms with Crippen molar-refractivity contribution in [3.05, 3.63) is 83.4 Å². The van der Waals surface area contributed by atoms with Crippen molar-refractivity contribution >= 4 is 47.4 Å². The number of halogens is 2. The fourth-order valence-electron chi connectivity index (χ4n) is 1.41. The van der Waals surface area contributed by atoms with Gasteiger partial charge in [0.25, 0.3) is 0 Å². The van der Waals surface area contributed by atoms with E-state index in [4.69, 9.17) is 0 Å². The smallest absolute Gasteiger partial charge is 1.00 e. The summed E-state index contributed by atoms with van der Waals surface area (Å²) in [5.41, 5.74) is 2.23. The topological polar surface area (TPSA) is 0 Å². The quantitative estimate of drug-likeness (QED) is 0.470. The second-order valence-corrected chi connectivity index (χ2v) is 5.32. The third-order valence-electron chi connectivity index (χ3n) is 2.39. The maximum Gasteiger partial charge on any atom is 2.00 e. The van der Waals surface area contributed by atoms with Crippen LogP contribution in [0.15, 0.2) is 70.6 Å². The van der Waals surface area contributed by atoms with E-state index in [-0.39, 0.29) is 48.7 Å². The Kier molecular flexibility index (Phi) is 19.4. The molecule has 0 unspecified atom stereocenters. The predicted molar refractivity (Wildman–Crippen MR) is 94.1 cm³/mol. The molecule has 0 aromatic carbocycles. The van der Waals surface area contributed by atoms with Crippen molar-refractivity contribution in [2.24, 2.45) is 0 Å². The third kappa shape index (κ3) is 10.0. The van der Waals surface area contributed by atoms with Gasteiger partial charge in [-0.15, -0.1) is 23.5 Å². The van der Waals surface area contributed by atoms with Gasteiger partial charge < -0.3 is 24.8 Å². The van der Waals surface area contributed by atoms with Crippen molar-refractivity contribution in [1.82, 2.24) is 0 Å². The molecule has 0 heterocycles. The molecule has 0 atom stereocenters. The van der Waals surface area contributed by atoms with E-state index in [0.717, 1.165) is 11.1 Å². The molecule has 0 amide bonds. The van der Waals surface area contributed by atoms with Crippen molar-refractivity contribution in [3.63, 3.8) is 0 Å². The van der Waals surface area contributed by atoms with Crippen molar-refractivity contribution in [3.8, 4) is 0 Å². The van der Waals surface area contributed by atoms with Crippen LogP contribution in [0.5, 0.6) is 0 Å². The molecule has 0 saturated heterocycles. The van der Waals surface area contributed by atoms with Crippen LogP contribution in [0.25, 0.3) is 0 Å². The third-order valence-corrected chi connectivity index (χ3v) is 4.06. The van der Waals surface area contributed by atoms with Crippen LogP contribution >= 0.6 is 23.5 Å². The fraction of sp³-hybridized carbons (Fsp3) is 0.125. The van der Waals surface area contributed by atoms with Gasteiger partial charge in [0.1, 0.15) is 0 Å². The molecule has 0 bridgehead atoms. The first-order valence-electron chi connectivity index (χ1n) is 5.59. The molecule has 0 N–H and O–H groups in total. The first-order chi connectivity index (χ1) is 8.69. The summed E-state index contributed by atoms with van der Waals surface area (Å²) in [5.74, 6) is 0. The molecule has 0 saturated carbocycles. The predicted octanol–water partition coefficient (Wildman–Crippen LogP) is -1.25. The van der Waals surface area contributed by atoms with Gasteiger partial charge in [-0.1, -0.05) is 37.5 Å². The van der Waals surface area contributed by atoms with E-state index < -0.39 is 0 Å². The van der Waals surface area contributed by atoms with Crippen LogP contribution in [0, 0.1) is 12.8 Å². The van der Waals surface area contributed by atoms with Crippen LogP contribution in [0.4, 0.5) is 0 Å². The second-order valence-electron chi connectivity index (χ2n) is 3.62. The van der Waals surface area contributed by atoms with Gasteiger partial charge in [-0.2, -0.15) is 0 Å². The number of hydrogen-bond donors (Lipinski definition) is 0. The molecular formula is C16H18Cl2S2Sn. The fourth-order valence-corrected chi connectivity index (χ4v) is 2.50. The average molecular weight is 464 g/mol. The van der Waals surface area contributed by atoms with Gasteiger partial charge in [0.05, 0.1) is 0 Å². The number of rotatable bonds is 2. The van der Waals surface area contributed by atoms with Gasteiger partial charge in [0, 0.05) is 22.7 Å². The SMILES string of the molecule is C=C1[CH]C=CC=C1SC.C=C1[CH]C=CC=C1SC.[Cl-].[Cl-].[Sn+2]. The number of hydrogen-bond acceptors (Lipinski definition) is 2. The van der Waals surface area contributed by atoms with E-state index in [9.17, 15) is 0 Å². The van der Waals surface area contributed by atoms with Gasteiger partial charge in [-0.3, -0.25) is 0 Å². The minimum atomic E-state index is 0. The maximum absolute atomic E-state index is 3.87. The summed E-state index contributed by atoms with van der Waals surface area (Å²) in [4.78, 5) is 2.52. The molecule has 21 heavy (non-hydrogen) atoms. The van der Waals surface area contributed by atoms with E-state index in [2.05, 4.69) is 37.8 Å². The molecule has 2 aliphatic rings. The average Bonchev–Trinajstić information content (AvgIpc) is 2.41. The van der Waals surface area contributed by atoms with Crippen molar-refractivity contribution in [1.29, 1.82) is 0 Å². The Morgan fingerprint density at radius 1 is 0.714 bits per heavy atom. The number of allylic oxidation sites excluding steroid dienone is 8. The minimum Gasteiger partial charge on any atom is -1.00 e. The van der Waals surface area contributed by atoms with E-state index in [1.165, 1.54) is 9.81 Å². The summed E-state index contributed by atoms with van der Waals surface area (Å²) in [7, 11) is 0. The zero-order valence-electron chi connectivity index (χ0n) is 12.1. The van der Waals surface area contributed by atoms with Gasteiger partial charge in [-0.05, 0) is 35.8 Å². The molecule has 0 aromatic rings. The summed E-state index contributed by atoms with van der Waals surface area (Å²) in [6, 6.07) is 0. The Labute approximate surface area is 167 Å². The Morgan fingerprint density at radius 2 is 1.05 bits per heavy atom. The molecule has 2 aliphatic carbocycles. The zero-order valence-corrected chi connectivity index (χ0v) is 18.1. The molecule has 4 radical (unpaired) electrons. The molecule has 0 aromatic heterocycles. The summed E-state index contributed by atoms with van der Waals surface area (Å²) in [6.45, 7) is 7.74. The van der Waals surface area contributed by atoms with Crippen LogP contribution in [-0.2, 0) is 0 Å². The Hall–Kier alpha value is 0.519. The van der Waals surface area contributed by atoms with E-state index in [0.29, 0.717) is 0 Å². The second kappa shape index (κ2) is 15.4. The van der Waals surface area contributed by atoms with Crippen molar-refractivity contribution in [2.45, 2.75) is 0 Å². The molecule has 0 spiro atoms. The summed E-state index contributed by atoms with van der Waals surface area (Å²) in [6.07, 6.45) is 20.4. The Balaban J connectivity index is -0.000000270. The van der Waals surface area contributed by atoms with Crippen LogP contribution in [-0.4, -0.2) is 36.4 Å². The first-order valence-corrected chi connectivity index (χ1v) is 8.04. The van der Waals surface area contributed by atoms with Gasteiger partial charge in [0.15, 0.2) is 0 Å². The summed E-state index contributed by atoms with van der Waals surface area (Å²) >= 11 is 3.47. The van der Waals surface area contributed by atoms with Crippen molar-refractivity contribution in [2.75, 3.05) is 12.5 Å². The van der Waals surface area contributed by atoms with Crippen molar-refractivity contribution < 1.29 is 24.8 Å². The van der Waals surface area contributed by atoms with Gasteiger partial charge >= 0.3 is 23.9 Å². The molecule has 0 fully saturated rings. The van der Waals surface area contributed by atoms with Crippen LogP contribution < -0.4 is 24.8 Å². The molecule has 5 heteroatoms. The van der Waals surface area contributed by atoms with E-state index in [1.807, 2.05) is 37.1 Å². The molecule has 0 nitrogen and oxygen atoms in total. The van der Waals surface area contributed by atoms with Gasteiger partial charge in [-0.25, -0.2) is 0 Å². The van der Waals surface area contributed by atoms with Gasteiger partial charge in [0.2, 0.25) is 0 Å². The largest absolute Gasteiger partial charge is 2.00 e. The summed E-state index contributed by atoms with van der Waals surface area (Å²) in [5, 5.41) is 0. The monoisotopic (exact) mass is 464 g/mol. The van der Waals surface area contributed by atoms with Crippen LogP contribution in [0.3, 0.4) is 0 Å². The minimum absolute atomic E-state index is 0. The molecular weight excluding hydrogens is 446 g/mol. The van der Waals surface area contributed by atoms with Crippen LogP contribution in [0.2, 0.25) is 0 Å². The standard InChI is InChI=1S/2C8H9S.2ClH.Sn/c2*1-7-5-3-4-6-8(7)9-2;;;/h2*3-6H,1H2,2H3;2*1H;/q;;;;+2/p-2. The van der Waals surface area contributed by atoms with E-state index >= 15 is 0 Å². The zero-order chi connectivity index (χ0) is 13.4. The number of thioether (sulfide) groups is 2. The molecule has 112 valence electrons. The Morgan fingerprint density at radius 3 is 1.24 bits per heavy atom. The molecule has 0 aliphatic heterocycles.